The van der Waals surface area contributed by atoms with Gasteiger partial charge in [0.15, 0.2) is 0 Å². The second-order valence-corrected chi connectivity index (χ2v) is 14.1. The van der Waals surface area contributed by atoms with E-state index < -0.39 is 40.9 Å². The van der Waals surface area contributed by atoms with E-state index in [2.05, 4.69) is 13.8 Å². The number of aliphatic hydroxyl groups excluding tert-OH is 1. The van der Waals surface area contributed by atoms with E-state index in [-0.39, 0.29) is 34.2 Å². The van der Waals surface area contributed by atoms with Crippen molar-refractivity contribution in [3.63, 3.8) is 0 Å². The van der Waals surface area contributed by atoms with Crippen LogP contribution in [-0.2, 0) is 23.9 Å². The first kappa shape index (κ1) is 24.8. The smallest absolute Gasteiger partial charge is 0.343 e. The molecular weight excluding hydrogens is 446 g/mol. The van der Waals surface area contributed by atoms with Crippen LogP contribution in [0.15, 0.2) is 11.3 Å². The van der Waals surface area contributed by atoms with E-state index in [4.69, 9.17) is 9.47 Å². The van der Waals surface area contributed by atoms with Crippen molar-refractivity contribution in [3.8, 4) is 0 Å². The fourth-order valence-corrected chi connectivity index (χ4v) is 9.47. The number of hydrogen-bond acceptors (Lipinski definition) is 6. The maximum atomic E-state index is 14.0. The summed E-state index contributed by atoms with van der Waals surface area (Å²) in [5.74, 6) is -1.61. The van der Waals surface area contributed by atoms with E-state index in [1.54, 1.807) is 13.8 Å². The second kappa shape index (κ2) is 7.33. The van der Waals surface area contributed by atoms with Gasteiger partial charge in [0.2, 0.25) is 11.3 Å². The minimum Gasteiger partial charge on any atom is -0.511 e. The molecule has 2 unspecified atom stereocenters. The lowest BCUT2D eigenvalue weighted by Crippen LogP contribution is -2.60. The number of Topliss-reactive ketones (excluding diaryl/α,β-unsaturated/α-hetero) is 1. The molecule has 2 aliphatic heterocycles. The first-order valence-electron chi connectivity index (χ1n) is 13.2. The predicted octanol–water partition coefficient (Wildman–Crippen LogP) is 4.69. The second-order valence-electron chi connectivity index (χ2n) is 14.1. The highest BCUT2D eigenvalue weighted by Gasteiger charge is 2.73. The minimum atomic E-state index is -1.90. The molecule has 0 aromatic carbocycles. The summed E-state index contributed by atoms with van der Waals surface area (Å²) in [6.45, 7) is 13.8. The lowest BCUT2D eigenvalue weighted by atomic mass is 9.40. The number of hydrogen-bond donors (Lipinski definition) is 1. The molecule has 5 atom stereocenters. The van der Waals surface area contributed by atoms with Gasteiger partial charge in [0.1, 0.15) is 17.6 Å². The van der Waals surface area contributed by atoms with Crippen molar-refractivity contribution in [2.75, 3.05) is 6.61 Å². The highest BCUT2D eigenvalue weighted by atomic mass is 16.6. The molecule has 7 nitrogen and oxygen atoms in total. The number of carbonyl (C=O) groups excluding carboxylic acids is 3. The van der Waals surface area contributed by atoms with E-state index in [9.17, 15) is 19.5 Å². The van der Waals surface area contributed by atoms with Gasteiger partial charge < -0.3 is 14.6 Å². The zero-order chi connectivity index (χ0) is 25.8. The van der Waals surface area contributed by atoms with Crippen LogP contribution in [0.4, 0.5) is 0 Å². The number of rotatable bonds is 4. The molecule has 35 heavy (non-hydrogen) atoms. The largest absolute Gasteiger partial charge is 0.511 e. The zero-order valence-corrected chi connectivity index (χ0v) is 22.3. The third kappa shape index (κ3) is 3.36. The highest BCUT2D eigenvalue weighted by Crippen LogP contribution is 2.71. The number of amides is 1. The van der Waals surface area contributed by atoms with Gasteiger partial charge in [-0.2, -0.15) is 0 Å². The molecule has 0 spiro atoms. The van der Waals surface area contributed by atoms with Crippen molar-refractivity contribution < 1.29 is 29.0 Å². The predicted molar refractivity (Wildman–Crippen MR) is 129 cm³/mol. The monoisotopic (exact) mass is 487 g/mol. The number of fused-ring (bicyclic) bond motifs is 1. The lowest BCUT2D eigenvalue weighted by Gasteiger charge is -2.65. The summed E-state index contributed by atoms with van der Waals surface area (Å²) in [4.78, 5) is 42.5. The van der Waals surface area contributed by atoms with Crippen molar-refractivity contribution >= 4 is 17.7 Å². The summed E-state index contributed by atoms with van der Waals surface area (Å²) in [5, 5.41) is 11.5. The number of aliphatic hydroxyl groups is 1. The van der Waals surface area contributed by atoms with Gasteiger partial charge in [-0.05, 0) is 74.5 Å². The summed E-state index contributed by atoms with van der Waals surface area (Å²) < 4.78 is 11.4. The molecule has 0 aromatic rings. The van der Waals surface area contributed by atoms with Crippen molar-refractivity contribution in [1.82, 2.24) is 4.90 Å². The van der Waals surface area contributed by atoms with Crippen LogP contribution < -0.4 is 0 Å². The molecular formula is C28H41NO6. The Labute approximate surface area is 208 Å². The third-order valence-electron chi connectivity index (χ3n) is 9.44. The van der Waals surface area contributed by atoms with Gasteiger partial charge in [-0.1, -0.05) is 34.6 Å². The van der Waals surface area contributed by atoms with Crippen LogP contribution in [0.3, 0.4) is 0 Å². The first-order chi connectivity index (χ1) is 16.1. The van der Waals surface area contributed by atoms with Crippen LogP contribution in [0, 0.1) is 27.6 Å². The fraction of sp³-hybridized carbons (Fsp3) is 0.821. The van der Waals surface area contributed by atoms with Crippen molar-refractivity contribution in [3.05, 3.63) is 11.3 Å². The molecule has 6 fully saturated rings. The van der Waals surface area contributed by atoms with Gasteiger partial charge in [-0.25, -0.2) is 4.79 Å². The topological polar surface area (TPSA) is 93.1 Å². The lowest BCUT2D eigenvalue weighted by molar-refractivity contribution is -0.162. The number of esters is 1. The molecule has 0 aromatic heterocycles. The first-order valence-corrected chi connectivity index (χ1v) is 13.2. The van der Waals surface area contributed by atoms with Crippen molar-refractivity contribution in [2.24, 2.45) is 27.6 Å². The zero-order valence-electron chi connectivity index (χ0n) is 22.3. The van der Waals surface area contributed by atoms with E-state index in [0.717, 1.165) is 19.3 Å². The Kier molecular flexibility index (Phi) is 5.19. The summed E-state index contributed by atoms with van der Waals surface area (Å²) >= 11 is 0. The van der Waals surface area contributed by atoms with Crippen molar-refractivity contribution in [1.29, 1.82) is 0 Å². The van der Waals surface area contributed by atoms with E-state index in [0.29, 0.717) is 12.3 Å². The van der Waals surface area contributed by atoms with Gasteiger partial charge in [-0.15, -0.1) is 0 Å². The average molecular weight is 488 g/mol. The molecule has 7 heteroatoms. The molecule has 4 saturated carbocycles. The Hall–Kier alpha value is -1.89. The Balaban J connectivity index is 1.57. The Bertz CT molecular complexity index is 1000. The van der Waals surface area contributed by atoms with Crippen LogP contribution in [0.25, 0.3) is 0 Å². The number of allylic oxidation sites excluding steroid dienone is 1. The molecule has 1 amide bonds. The van der Waals surface area contributed by atoms with E-state index in [1.807, 2.05) is 20.8 Å². The van der Waals surface area contributed by atoms with Crippen LogP contribution in [0.2, 0.25) is 0 Å². The van der Waals surface area contributed by atoms with Gasteiger partial charge in [0.25, 0.3) is 5.91 Å². The van der Waals surface area contributed by atoms with Crippen LogP contribution in [0.5, 0.6) is 0 Å². The third-order valence-corrected chi connectivity index (χ3v) is 9.44. The maximum Gasteiger partial charge on any atom is 0.343 e. The highest BCUT2D eigenvalue weighted by molar-refractivity contribution is 6.35. The molecule has 2 heterocycles. The van der Waals surface area contributed by atoms with Gasteiger partial charge in [0, 0.05) is 11.8 Å². The molecule has 4 aliphatic carbocycles. The number of ketones is 1. The maximum absolute atomic E-state index is 14.0. The molecule has 6 rings (SSSR count). The Morgan fingerprint density at radius 3 is 2.23 bits per heavy atom. The van der Waals surface area contributed by atoms with E-state index >= 15 is 0 Å². The van der Waals surface area contributed by atoms with Crippen LogP contribution in [0.1, 0.15) is 93.4 Å². The molecule has 4 bridgehead atoms. The van der Waals surface area contributed by atoms with Crippen molar-refractivity contribution in [2.45, 2.75) is 111 Å². The SMILES string of the molecule is CCOC(=O)[C@@]12C(=O)/C(=C(/O)CC34CC5CC(C)(CC(C)(C5)C3)C4)C(=O)N1[C@@H](C(C)(C)C)O[C@@H]2C. The molecule has 2 saturated heterocycles. The fourth-order valence-electron chi connectivity index (χ4n) is 9.47. The quantitative estimate of drug-likeness (QED) is 0.203. The van der Waals surface area contributed by atoms with Gasteiger partial charge in [0.05, 0.1) is 12.7 Å². The normalized spacial score (nSPS) is 45.8. The Morgan fingerprint density at radius 1 is 1.11 bits per heavy atom. The summed E-state index contributed by atoms with van der Waals surface area (Å²) in [7, 11) is 0. The molecule has 194 valence electrons. The number of nitrogens with zero attached hydrogens (tertiary/aromatic N) is 1. The van der Waals surface area contributed by atoms with Crippen LogP contribution >= 0.6 is 0 Å². The average Bonchev–Trinajstić information content (AvgIpc) is 3.10. The molecule has 0 radical (unpaired) electrons. The number of carbonyl (C=O) groups is 3. The number of ether oxygens (including phenoxy) is 2. The van der Waals surface area contributed by atoms with Gasteiger partial charge in [-0.3, -0.25) is 14.5 Å². The summed E-state index contributed by atoms with van der Waals surface area (Å²) in [6.07, 6.45) is 5.31. The summed E-state index contributed by atoms with van der Waals surface area (Å²) in [6, 6.07) is 0. The van der Waals surface area contributed by atoms with Gasteiger partial charge >= 0.3 is 5.97 Å². The summed E-state index contributed by atoms with van der Waals surface area (Å²) in [5.41, 5.74) is -2.31. The molecule has 6 aliphatic rings. The standard InChI is InChI=1S/C28H41NO6/c1-8-34-23(33)28-16(2)35-22(24(3,4)5)29(28)21(32)19(20(28)31)18(30)12-27-11-17-9-25(6,14-27)13-26(7,10-17)15-27/h16-17,22,30H,8-15H2,1-7H3/b19-18-/t16-,17?,22-,25?,26?,27?,28-/m1/s1. The molecule has 1 N–H and O–H groups in total. The Morgan fingerprint density at radius 2 is 1.71 bits per heavy atom. The van der Waals surface area contributed by atoms with E-state index in [1.165, 1.54) is 24.2 Å². The minimum absolute atomic E-state index is 0.0789. The van der Waals surface area contributed by atoms with Crippen LogP contribution in [-0.4, -0.2) is 52.1 Å².